The number of nitrogens with zero attached hydrogens (tertiary/aromatic N) is 8. The molecule has 20 nitrogen and oxygen atoms in total. The molecule has 8 aromatic rings. The first kappa shape index (κ1) is 87.6. The number of hydrogen-bond acceptors (Lipinski definition) is 16. The predicted octanol–water partition coefficient (Wildman–Crippen LogP) is 22.7. The van der Waals surface area contributed by atoms with Crippen LogP contribution in [0.25, 0.3) is 45.0 Å². The molecule has 16 bridgehead atoms. The van der Waals surface area contributed by atoms with Gasteiger partial charge >= 0.3 is 0 Å². The second-order valence-electron chi connectivity index (χ2n) is 46.9. The lowest BCUT2D eigenvalue weighted by molar-refractivity contribution is -0.119. The third kappa shape index (κ3) is 18.0. The van der Waals surface area contributed by atoms with Crippen molar-refractivity contribution in [3.05, 3.63) is 141 Å². The number of rotatable bonds is 18. The fourth-order valence-electron chi connectivity index (χ4n) is 32.0. The fourth-order valence-corrected chi connectivity index (χ4v) is 32.0. The lowest BCUT2D eigenvalue weighted by Crippen LogP contribution is -2.47. The number of nitrogens with one attached hydrogen (secondary N) is 4. The van der Waals surface area contributed by atoms with Crippen LogP contribution >= 0.6 is 0 Å². The number of aromatic hydroxyl groups is 4. The Balaban J connectivity index is 0.000000103. The molecular formula is C112H138N12O8. The van der Waals surface area contributed by atoms with Gasteiger partial charge < -0.3 is 41.7 Å². The molecule has 1 unspecified atom stereocenters. The van der Waals surface area contributed by atoms with Crippen LogP contribution in [0.5, 0.6) is 23.0 Å². The number of phenols is 4. The number of benzene rings is 4. The Morgan fingerprint density at radius 2 is 0.614 bits per heavy atom. The van der Waals surface area contributed by atoms with Gasteiger partial charge in [0, 0.05) is 47.9 Å². The summed E-state index contributed by atoms with van der Waals surface area (Å²) < 4.78 is 0. The number of anilines is 4. The van der Waals surface area contributed by atoms with Crippen LogP contribution < -0.4 is 21.3 Å². The van der Waals surface area contributed by atoms with Gasteiger partial charge in [-0.25, -0.2) is 39.9 Å². The topological polar surface area (TPSA) is 300 Å². The summed E-state index contributed by atoms with van der Waals surface area (Å²) in [5.41, 5.74) is 21.7. The summed E-state index contributed by atoms with van der Waals surface area (Å²) in [6.45, 7) is 9.71. The highest BCUT2D eigenvalue weighted by Gasteiger charge is 2.56. The number of amides is 4. The molecule has 4 aromatic heterocycles. The van der Waals surface area contributed by atoms with Crippen molar-refractivity contribution >= 4 is 46.9 Å². The zero-order valence-corrected chi connectivity index (χ0v) is 78.7. The van der Waals surface area contributed by atoms with Crippen molar-refractivity contribution in [2.45, 2.75) is 317 Å². The number of carbonyl (C=O) groups excluding carboxylic acids is 4. The molecule has 694 valence electrons. The summed E-state index contributed by atoms with van der Waals surface area (Å²) in [6.07, 6.45) is 51.0. The summed E-state index contributed by atoms with van der Waals surface area (Å²) >= 11 is 0. The van der Waals surface area contributed by atoms with E-state index in [0.717, 1.165) is 273 Å². The van der Waals surface area contributed by atoms with Gasteiger partial charge in [-0.2, -0.15) is 0 Å². The minimum Gasteiger partial charge on any atom is -0.508 e. The van der Waals surface area contributed by atoms with Gasteiger partial charge in [0.05, 0.1) is 68.3 Å². The minimum atomic E-state index is -0.0860. The van der Waals surface area contributed by atoms with Gasteiger partial charge in [-0.15, -0.1) is 0 Å². The van der Waals surface area contributed by atoms with Crippen LogP contribution in [0.3, 0.4) is 0 Å². The highest BCUT2D eigenvalue weighted by molar-refractivity contribution is 5.93. The van der Waals surface area contributed by atoms with Gasteiger partial charge in [-0.05, 0) is 450 Å². The van der Waals surface area contributed by atoms with Crippen LogP contribution in [0, 0.1) is 110 Å². The monoisotopic (exact) mass is 1780 g/mol. The summed E-state index contributed by atoms with van der Waals surface area (Å²) in [5, 5.41) is 52.4. The van der Waals surface area contributed by atoms with Crippen LogP contribution in [-0.2, 0) is 96.2 Å². The molecule has 4 aromatic carbocycles. The average molecular weight is 1780 g/mol. The molecule has 17 saturated carbocycles. The van der Waals surface area contributed by atoms with E-state index in [1.54, 1.807) is 31.2 Å². The summed E-state index contributed by atoms with van der Waals surface area (Å²) in [6, 6.07) is 22.3. The maximum atomic E-state index is 13.2. The number of fused-ring (bicyclic) bond motifs is 12. The molecule has 0 spiro atoms. The van der Waals surface area contributed by atoms with Crippen LogP contribution in [0.1, 0.15) is 308 Å². The molecule has 17 fully saturated rings. The Labute approximate surface area is 779 Å². The van der Waals surface area contributed by atoms with E-state index in [9.17, 15) is 39.6 Å². The van der Waals surface area contributed by atoms with Gasteiger partial charge in [-0.1, -0.05) is 47.0 Å². The summed E-state index contributed by atoms with van der Waals surface area (Å²) in [5.74, 6) is 15.5. The van der Waals surface area contributed by atoms with E-state index in [-0.39, 0.29) is 29.5 Å². The predicted molar refractivity (Wildman–Crippen MR) is 514 cm³/mol. The van der Waals surface area contributed by atoms with Gasteiger partial charge in [0.1, 0.15) is 23.0 Å². The molecule has 0 saturated heterocycles. The summed E-state index contributed by atoms with van der Waals surface area (Å²) in [7, 11) is 0. The lowest BCUT2D eigenvalue weighted by Gasteiger charge is -2.57. The smallest absolute Gasteiger partial charge is 0.228 e. The largest absolute Gasteiger partial charge is 0.508 e. The van der Waals surface area contributed by atoms with Crippen molar-refractivity contribution in [1.29, 1.82) is 0 Å². The van der Waals surface area contributed by atoms with Crippen molar-refractivity contribution in [2.75, 3.05) is 21.3 Å². The quantitative estimate of drug-likeness (QED) is 0.0396. The molecule has 132 heavy (non-hydrogen) atoms. The molecule has 1 atom stereocenters. The molecule has 21 aliphatic rings. The third-order valence-electron chi connectivity index (χ3n) is 35.8. The van der Waals surface area contributed by atoms with E-state index in [4.69, 9.17) is 39.9 Å². The Kier molecular flexibility index (Phi) is 23.4. The zero-order chi connectivity index (χ0) is 90.2. The highest BCUT2D eigenvalue weighted by atomic mass is 16.3. The molecule has 0 aliphatic heterocycles. The number of carbonyl (C=O) groups is 4. The minimum absolute atomic E-state index is 0.0344. The van der Waals surface area contributed by atoms with Crippen LogP contribution in [0.4, 0.5) is 23.3 Å². The van der Waals surface area contributed by atoms with E-state index in [0.29, 0.717) is 86.8 Å². The van der Waals surface area contributed by atoms with Crippen LogP contribution in [0.2, 0.25) is 0 Å². The fraction of sp³-hybridized carbons (Fsp3) is 0.607. The Morgan fingerprint density at radius 1 is 0.348 bits per heavy atom. The van der Waals surface area contributed by atoms with E-state index < -0.39 is 0 Å². The van der Waals surface area contributed by atoms with E-state index >= 15 is 0 Å². The van der Waals surface area contributed by atoms with Gasteiger partial charge in [0.25, 0.3) is 0 Å². The van der Waals surface area contributed by atoms with Crippen molar-refractivity contribution in [2.24, 2.45) is 110 Å². The number of phenolic OH excluding ortho intramolecular Hbond substituents is 4. The van der Waals surface area contributed by atoms with Crippen molar-refractivity contribution in [3.63, 3.8) is 0 Å². The molecule has 0 radical (unpaired) electrons. The Morgan fingerprint density at radius 3 is 0.879 bits per heavy atom. The number of aromatic nitrogens is 8. The third-order valence-corrected chi connectivity index (χ3v) is 35.8. The highest BCUT2D eigenvalue weighted by Crippen LogP contribution is 2.66. The maximum absolute atomic E-state index is 13.2. The zero-order valence-electron chi connectivity index (χ0n) is 78.7. The van der Waals surface area contributed by atoms with Crippen LogP contribution in [-0.4, -0.2) is 83.9 Å². The maximum Gasteiger partial charge on any atom is 0.228 e. The second kappa shape index (κ2) is 35.2. The molecule has 29 rings (SSSR count). The molecule has 21 aliphatic carbocycles. The average Bonchev–Trinajstić information content (AvgIpc) is 0.745. The molecule has 4 amide bonds. The summed E-state index contributed by atoms with van der Waals surface area (Å²) in [4.78, 5) is 91.7. The lowest BCUT2D eigenvalue weighted by atomic mass is 9.48. The van der Waals surface area contributed by atoms with E-state index in [2.05, 4.69) is 35.1 Å². The molecule has 8 N–H and O–H groups in total. The molecular weight excluding hydrogens is 1640 g/mol. The van der Waals surface area contributed by atoms with Crippen LogP contribution in [0.15, 0.2) is 72.8 Å². The normalized spacial score (nSPS) is 30.1. The van der Waals surface area contributed by atoms with E-state index in [1.165, 1.54) is 186 Å². The van der Waals surface area contributed by atoms with E-state index in [1.807, 2.05) is 62.4 Å². The molecule has 4 heterocycles. The van der Waals surface area contributed by atoms with Crippen molar-refractivity contribution in [1.82, 2.24) is 39.9 Å². The second-order valence-corrected chi connectivity index (χ2v) is 46.9. The number of hydrogen-bond donors (Lipinski definition) is 8. The Hall–Kier alpha value is -9.72. The van der Waals surface area contributed by atoms with Gasteiger partial charge in [0.2, 0.25) is 23.6 Å². The van der Waals surface area contributed by atoms with Crippen molar-refractivity contribution < 1.29 is 39.6 Å². The van der Waals surface area contributed by atoms with Crippen molar-refractivity contribution in [3.8, 4) is 68.0 Å². The Bertz CT molecular complexity index is 5700. The van der Waals surface area contributed by atoms with Gasteiger partial charge in [-0.3, -0.25) is 19.2 Å². The molecule has 20 heteroatoms. The number of aryl methyl sites for hydroxylation is 8. The first-order chi connectivity index (χ1) is 63.7. The standard InChI is InChI=1S/C31H39N3O2.2C28H35N3O2.C25H29N3O2/c35-24-7-8-25-23(14-24)6-9-26-29(25)32-27(18-31-15-20-10-21(16-31)12-22(11-20)17-31)30(33-26)34-28(36)13-19-4-2-1-3-5-19;1-16(2)7-25(33)31-27-24(15-28-12-17-8-18(13-28)10-19(9-17)14-28)29-26-22-5-4-21(32)11-20(22)3-6-23(26)30-27;1-3-16(2)27(33)31-26-24(15-28-12-17-8-18(13-28)10-19(9-17)14-28)29-25-22-6-5-21(32)11-20(22)4-7-23(25)30-26;1-14(29)26-24-22(13-25-10-15-6-16(11-25)8-17(7-15)12-25)27-23-20-4-3-19(30)9-18(20)2-5-21(23)28-24/h7-8,14,19-22,35H,1-6,9-13,15-18H2,(H,33,34,36);4-5,11,16-19,32H,3,6-10,12-15H2,1-2H3,(H,30,31,33);5-6,11,16-19,32H,3-4,7-10,12-15H2,1-2H3,(H,30,31,33);3-4,9,15-17,30H,2,5-8,10-13H2,1H3,(H,26,28,29). The first-order valence-electron chi connectivity index (χ1n) is 51.8. The van der Waals surface area contributed by atoms with Gasteiger partial charge in [0.15, 0.2) is 23.3 Å². The SMILES string of the molecule is CC(=O)Nc1nc2c(nc1CC13CC4CC(CC(C4)C1)C3)-c1ccc(O)cc1CC2.CC(C)CC(=O)Nc1nc2c(nc1CC13CC4CC(CC(C4)C1)C3)-c1ccc(O)cc1CC2.CCC(C)C(=O)Nc1nc2c(nc1CC13CC4CC(CC(C4)C1)C3)-c1ccc(O)cc1CC2.O=C(CC1CCCCC1)Nc1nc2c(nc1CC13CC4CC(CC(C4)C1)C3)-c1ccc(O)cc1CC2. The first-order valence-corrected chi connectivity index (χ1v) is 51.8.